The Labute approximate surface area is 123 Å². The van der Waals surface area contributed by atoms with E-state index in [2.05, 4.69) is 20.0 Å². The SMILES string of the molecule is COC(=O)c1cncc(OC2COC3(CCNCC3)C2)n1. The Hall–Kier alpha value is -1.73. The molecule has 0 aliphatic carbocycles. The molecule has 1 atom stereocenters. The minimum absolute atomic E-state index is 0.0507. The summed E-state index contributed by atoms with van der Waals surface area (Å²) in [5.74, 6) is -0.192. The van der Waals surface area contributed by atoms with E-state index < -0.39 is 5.97 Å². The Morgan fingerprint density at radius 3 is 3.00 bits per heavy atom. The quantitative estimate of drug-likeness (QED) is 0.815. The molecule has 2 saturated heterocycles. The van der Waals surface area contributed by atoms with Gasteiger partial charge >= 0.3 is 5.97 Å². The lowest BCUT2D eigenvalue weighted by Crippen LogP contribution is -2.41. The van der Waals surface area contributed by atoms with Crippen LogP contribution in [0.25, 0.3) is 0 Å². The number of esters is 1. The standard InChI is InChI=1S/C14H19N3O4/c1-19-13(18)11-7-16-8-12(17-11)21-10-6-14(20-9-10)2-4-15-5-3-14/h7-8,10,15H,2-6,9H2,1H3. The number of nitrogens with zero attached hydrogens (tertiary/aromatic N) is 2. The molecular formula is C14H19N3O4. The summed E-state index contributed by atoms with van der Waals surface area (Å²) in [5.41, 5.74) is 0.0778. The molecule has 0 radical (unpaired) electrons. The Balaban J connectivity index is 1.63. The third-order valence-corrected chi connectivity index (χ3v) is 3.98. The lowest BCUT2D eigenvalue weighted by Gasteiger charge is -2.32. The predicted molar refractivity (Wildman–Crippen MR) is 73.2 cm³/mol. The molecule has 1 N–H and O–H groups in total. The molecule has 3 rings (SSSR count). The molecule has 2 aliphatic rings. The molecule has 7 heteroatoms. The van der Waals surface area contributed by atoms with Crippen LogP contribution in [0.4, 0.5) is 0 Å². The van der Waals surface area contributed by atoms with Gasteiger partial charge in [-0.2, -0.15) is 0 Å². The Bertz CT molecular complexity index is 517. The molecule has 0 aromatic carbocycles. The van der Waals surface area contributed by atoms with Crippen molar-refractivity contribution < 1.29 is 19.0 Å². The number of rotatable bonds is 3. The third kappa shape index (κ3) is 3.14. The summed E-state index contributed by atoms with van der Waals surface area (Å²) in [4.78, 5) is 19.5. The number of aromatic nitrogens is 2. The highest BCUT2D eigenvalue weighted by Crippen LogP contribution is 2.35. The second-order valence-corrected chi connectivity index (χ2v) is 5.42. The number of carbonyl (C=O) groups is 1. The van der Waals surface area contributed by atoms with E-state index in [9.17, 15) is 4.79 Å². The molecular weight excluding hydrogens is 274 g/mol. The highest BCUT2D eigenvalue weighted by molar-refractivity contribution is 5.86. The van der Waals surface area contributed by atoms with Gasteiger partial charge in [0.25, 0.3) is 0 Å². The Morgan fingerprint density at radius 1 is 1.43 bits per heavy atom. The van der Waals surface area contributed by atoms with Crippen LogP contribution >= 0.6 is 0 Å². The molecule has 0 saturated carbocycles. The van der Waals surface area contributed by atoms with E-state index in [-0.39, 0.29) is 17.4 Å². The Morgan fingerprint density at radius 2 is 2.24 bits per heavy atom. The molecule has 3 heterocycles. The summed E-state index contributed by atoms with van der Waals surface area (Å²) in [6.45, 7) is 2.50. The van der Waals surface area contributed by atoms with Gasteiger partial charge in [0.05, 0.1) is 31.7 Å². The van der Waals surface area contributed by atoms with Crippen LogP contribution in [0.3, 0.4) is 0 Å². The van der Waals surface area contributed by atoms with Crippen molar-refractivity contribution >= 4 is 5.97 Å². The van der Waals surface area contributed by atoms with Crippen molar-refractivity contribution in [2.24, 2.45) is 0 Å². The van der Waals surface area contributed by atoms with Crippen molar-refractivity contribution in [3.8, 4) is 5.88 Å². The summed E-state index contributed by atoms with van der Waals surface area (Å²) >= 11 is 0. The molecule has 0 amide bonds. The van der Waals surface area contributed by atoms with Crippen molar-refractivity contribution in [3.63, 3.8) is 0 Å². The lowest BCUT2D eigenvalue weighted by atomic mass is 9.89. The summed E-state index contributed by atoms with van der Waals surface area (Å²) in [6.07, 6.45) is 5.66. The normalized spacial score (nSPS) is 24.0. The lowest BCUT2D eigenvalue weighted by molar-refractivity contribution is -0.0205. The number of nitrogens with one attached hydrogen (secondary N) is 1. The predicted octanol–water partition coefficient (Wildman–Crippen LogP) is 0.553. The average Bonchev–Trinajstić information content (AvgIpc) is 2.89. The van der Waals surface area contributed by atoms with Crippen molar-refractivity contribution in [1.29, 1.82) is 0 Å². The molecule has 1 spiro atoms. The zero-order chi connectivity index (χ0) is 14.7. The van der Waals surface area contributed by atoms with Crippen molar-refractivity contribution in [2.45, 2.75) is 31.0 Å². The fourth-order valence-electron chi connectivity index (χ4n) is 2.89. The van der Waals surface area contributed by atoms with E-state index in [1.807, 2.05) is 0 Å². The van der Waals surface area contributed by atoms with Crippen LogP contribution in [0, 0.1) is 0 Å². The van der Waals surface area contributed by atoms with Gasteiger partial charge in [-0.15, -0.1) is 0 Å². The largest absolute Gasteiger partial charge is 0.471 e. The minimum atomic E-state index is -0.523. The van der Waals surface area contributed by atoms with Crippen LogP contribution in [0.5, 0.6) is 5.88 Å². The van der Waals surface area contributed by atoms with Crippen molar-refractivity contribution in [2.75, 3.05) is 26.8 Å². The first-order chi connectivity index (χ1) is 10.2. The van der Waals surface area contributed by atoms with Crippen LogP contribution in [0.15, 0.2) is 12.4 Å². The molecule has 1 aromatic rings. The number of carbonyl (C=O) groups excluding carboxylic acids is 1. The summed E-state index contributed by atoms with van der Waals surface area (Å²) in [7, 11) is 1.31. The summed E-state index contributed by atoms with van der Waals surface area (Å²) in [5, 5.41) is 3.33. The van der Waals surface area contributed by atoms with Gasteiger partial charge < -0.3 is 19.5 Å². The average molecular weight is 293 g/mol. The minimum Gasteiger partial charge on any atom is -0.471 e. The first-order valence-electron chi connectivity index (χ1n) is 7.12. The van der Waals surface area contributed by atoms with E-state index in [4.69, 9.17) is 9.47 Å². The van der Waals surface area contributed by atoms with Crippen LogP contribution in [-0.2, 0) is 9.47 Å². The number of methoxy groups -OCH3 is 1. The van der Waals surface area contributed by atoms with Gasteiger partial charge in [-0.1, -0.05) is 0 Å². The van der Waals surface area contributed by atoms with Crippen LogP contribution in [0.2, 0.25) is 0 Å². The smallest absolute Gasteiger partial charge is 0.358 e. The zero-order valence-corrected chi connectivity index (χ0v) is 12.0. The molecule has 1 unspecified atom stereocenters. The van der Waals surface area contributed by atoms with E-state index in [1.54, 1.807) is 0 Å². The van der Waals surface area contributed by atoms with E-state index in [0.717, 1.165) is 32.4 Å². The molecule has 7 nitrogen and oxygen atoms in total. The maximum absolute atomic E-state index is 11.4. The van der Waals surface area contributed by atoms with Crippen molar-refractivity contribution in [1.82, 2.24) is 15.3 Å². The molecule has 114 valence electrons. The van der Waals surface area contributed by atoms with E-state index in [1.165, 1.54) is 19.5 Å². The van der Waals surface area contributed by atoms with Gasteiger partial charge in [-0.05, 0) is 25.9 Å². The van der Waals surface area contributed by atoms with Gasteiger partial charge in [0.2, 0.25) is 5.88 Å². The first kappa shape index (κ1) is 14.2. The first-order valence-corrected chi connectivity index (χ1v) is 7.12. The highest BCUT2D eigenvalue weighted by atomic mass is 16.6. The monoisotopic (exact) mass is 293 g/mol. The van der Waals surface area contributed by atoms with Crippen LogP contribution < -0.4 is 10.1 Å². The summed E-state index contributed by atoms with van der Waals surface area (Å²) < 4.78 is 16.4. The number of ether oxygens (including phenoxy) is 3. The fourth-order valence-corrected chi connectivity index (χ4v) is 2.89. The molecule has 21 heavy (non-hydrogen) atoms. The van der Waals surface area contributed by atoms with Gasteiger partial charge in [0, 0.05) is 6.42 Å². The zero-order valence-electron chi connectivity index (χ0n) is 12.0. The van der Waals surface area contributed by atoms with Gasteiger partial charge in [-0.3, -0.25) is 4.98 Å². The number of hydrogen-bond acceptors (Lipinski definition) is 7. The van der Waals surface area contributed by atoms with E-state index >= 15 is 0 Å². The second-order valence-electron chi connectivity index (χ2n) is 5.42. The van der Waals surface area contributed by atoms with Crippen molar-refractivity contribution in [3.05, 3.63) is 18.1 Å². The molecule has 0 bridgehead atoms. The third-order valence-electron chi connectivity index (χ3n) is 3.98. The van der Waals surface area contributed by atoms with Crippen LogP contribution in [0.1, 0.15) is 29.8 Å². The fraction of sp³-hybridized carbons (Fsp3) is 0.643. The highest BCUT2D eigenvalue weighted by Gasteiger charge is 2.42. The summed E-state index contributed by atoms with van der Waals surface area (Å²) in [6, 6.07) is 0. The molecule has 2 fully saturated rings. The maximum Gasteiger partial charge on any atom is 0.358 e. The van der Waals surface area contributed by atoms with E-state index in [0.29, 0.717) is 12.5 Å². The van der Waals surface area contributed by atoms with Crippen LogP contribution in [-0.4, -0.2) is 54.4 Å². The molecule has 2 aliphatic heterocycles. The maximum atomic E-state index is 11.4. The van der Waals surface area contributed by atoms with Gasteiger partial charge in [0.1, 0.15) is 6.10 Å². The van der Waals surface area contributed by atoms with Gasteiger partial charge in [-0.25, -0.2) is 9.78 Å². The topological polar surface area (TPSA) is 82.6 Å². The number of piperidine rings is 1. The number of hydrogen-bond donors (Lipinski definition) is 1. The Kier molecular flexibility index (Phi) is 4.03. The van der Waals surface area contributed by atoms with Gasteiger partial charge in [0.15, 0.2) is 5.69 Å². The second kappa shape index (κ2) is 5.95. The molecule has 1 aromatic heterocycles.